The normalized spacial score (nSPS) is 10.6. The largest absolute Gasteiger partial charge is 0.298 e. The number of aromatic nitrogens is 1. The van der Waals surface area contributed by atoms with E-state index in [0.717, 1.165) is 22.6 Å². The van der Waals surface area contributed by atoms with Gasteiger partial charge in [-0.25, -0.2) is 13.8 Å². The number of hydrogen-bond acceptors (Lipinski definition) is 3. The zero-order chi connectivity index (χ0) is 17.1. The highest BCUT2D eigenvalue weighted by atomic mass is 35.5. The van der Waals surface area contributed by atoms with Crippen molar-refractivity contribution in [3.05, 3.63) is 81.3 Å². The van der Waals surface area contributed by atoms with Gasteiger partial charge in [-0.3, -0.25) is 10.1 Å². The zero-order valence-corrected chi connectivity index (χ0v) is 13.8. The van der Waals surface area contributed by atoms with Crippen LogP contribution in [0.3, 0.4) is 0 Å². The number of nitrogens with zero attached hydrogens (tertiary/aromatic N) is 1. The van der Waals surface area contributed by atoms with Gasteiger partial charge in [0.25, 0.3) is 5.91 Å². The van der Waals surface area contributed by atoms with Gasteiger partial charge in [-0.2, -0.15) is 0 Å². The summed E-state index contributed by atoms with van der Waals surface area (Å²) < 4.78 is 26.3. The Kier molecular flexibility index (Phi) is 4.87. The molecule has 3 rings (SSSR count). The highest BCUT2D eigenvalue weighted by molar-refractivity contribution is 7.15. The molecule has 2 aromatic carbocycles. The van der Waals surface area contributed by atoms with E-state index in [0.29, 0.717) is 11.6 Å². The van der Waals surface area contributed by atoms with Crippen LogP contribution in [0.25, 0.3) is 0 Å². The van der Waals surface area contributed by atoms with Crippen LogP contribution >= 0.6 is 22.9 Å². The SMILES string of the molecule is O=C(Nc1ncc(Cc2ccccc2)s1)c1cc(F)c(F)cc1Cl. The quantitative estimate of drug-likeness (QED) is 0.668. The van der Waals surface area contributed by atoms with Crippen molar-refractivity contribution in [2.24, 2.45) is 0 Å². The van der Waals surface area contributed by atoms with Crippen LogP contribution in [0.1, 0.15) is 20.8 Å². The summed E-state index contributed by atoms with van der Waals surface area (Å²) in [6.07, 6.45) is 2.36. The lowest BCUT2D eigenvalue weighted by Crippen LogP contribution is -2.13. The Morgan fingerprint density at radius 2 is 1.88 bits per heavy atom. The Morgan fingerprint density at radius 3 is 2.62 bits per heavy atom. The highest BCUT2D eigenvalue weighted by Gasteiger charge is 2.16. The second kappa shape index (κ2) is 7.07. The molecule has 0 aliphatic rings. The third kappa shape index (κ3) is 3.77. The van der Waals surface area contributed by atoms with E-state index in [-0.39, 0.29) is 10.6 Å². The molecule has 0 fully saturated rings. The number of amides is 1. The summed E-state index contributed by atoms with van der Waals surface area (Å²) in [4.78, 5) is 17.2. The lowest BCUT2D eigenvalue weighted by molar-refractivity contribution is 0.102. The van der Waals surface area contributed by atoms with Crippen molar-refractivity contribution in [3.63, 3.8) is 0 Å². The van der Waals surface area contributed by atoms with E-state index in [1.807, 2.05) is 30.3 Å². The molecule has 3 nitrogen and oxygen atoms in total. The molecule has 3 aromatic rings. The predicted octanol–water partition coefficient (Wildman–Crippen LogP) is 4.92. The van der Waals surface area contributed by atoms with Gasteiger partial charge >= 0.3 is 0 Å². The third-order valence-corrected chi connectivity index (χ3v) is 4.48. The highest BCUT2D eigenvalue weighted by Crippen LogP contribution is 2.24. The first kappa shape index (κ1) is 16.5. The van der Waals surface area contributed by atoms with Gasteiger partial charge in [0, 0.05) is 17.5 Å². The fraction of sp³-hybridized carbons (Fsp3) is 0.0588. The Hall–Kier alpha value is -2.31. The molecule has 7 heteroatoms. The smallest absolute Gasteiger partial charge is 0.259 e. The lowest BCUT2D eigenvalue weighted by atomic mass is 10.1. The van der Waals surface area contributed by atoms with E-state index in [4.69, 9.17) is 11.6 Å². The molecule has 0 saturated carbocycles. The van der Waals surface area contributed by atoms with Gasteiger partial charge in [-0.1, -0.05) is 41.9 Å². The molecular formula is C17H11ClF2N2OS. The van der Waals surface area contributed by atoms with Crippen LogP contribution in [0.5, 0.6) is 0 Å². The van der Waals surface area contributed by atoms with Gasteiger partial charge in [0.05, 0.1) is 10.6 Å². The van der Waals surface area contributed by atoms with Gasteiger partial charge in [0.1, 0.15) is 0 Å². The number of anilines is 1. The number of nitrogens with one attached hydrogen (secondary N) is 1. The maximum Gasteiger partial charge on any atom is 0.259 e. The van der Waals surface area contributed by atoms with E-state index in [1.54, 1.807) is 6.20 Å². The Morgan fingerprint density at radius 1 is 1.17 bits per heavy atom. The minimum atomic E-state index is -1.13. The van der Waals surface area contributed by atoms with Crippen LogP contribution in [0.15, 0.2) is 48.7 Å². The first-order chi connectivity index (χ1) is 11.5. The summed E-state index contributed by atoms with van der Waals surface area (Å²) in [5.41, 5.74) is 0.984. The summed E-state index contributed by atoms with van der Waals surface area (Å²) in [6.45, 7) is 0. The van der Waals surface area contributed by atoms with E-state index < -0.39 is 17.5 Å². The first-order valence-electron chi connectivity index (χ1n) is 6.97. The Bertz CT molecular complexity index is 884. The number of halogens is 3. The molecule has 0 spiro atoms. The van der Waals surface area contributed by atoms with Gasteiger partial charge in [0.15, 0.2) is 16.8 Å². The van der Waals surface area contributed by atoms with Gasteiger partial charge < -0.3 is 0 Å². The molecule has 0 atom stereocenters. The van der Waals surface area contributed by atoms with E-state index in [2.05, 4.69) is 10.3 Å². The molecule has 1 amide bonds. The maximum atomic E-state index is 13.3. The number of thiazole rings is 1. The van der Waals surface area contributed by atoms with Crippen molar-refractivity contribution in [3.8, 4) is 0 Å². The second-order valence-corrected chi connectivity index (χ2v) is 6.52. The van der Waals surface area contributed by atoms with Crippen molar-refractivity contribution in [2.45, 2.75) is 6.42 Å². The van der Waals surface area contributed by atoms with Crippen molar-refractivity contribution in [1.29, 1.82) is 0 Å². The van der Waals surface area contributed by atoms with E-state index in [1.165, 1.54) is 11.3 Å². The minimum absolute atomic E-state index is 0.143. The molecule has 0 bridgehead atoms. The molecule has 122 valence electrons. The number of carbonyl (C=O) groups excluding carboxylic acids is 1. The molecule has 24 heavy (non-hydrogen) atoms. The van der Waals surface area contributed by atoms with E-state index in [9.17, 15) is 13.6 Å². The monoisotopic (exact) mass is 364 g/mol. The van der Waals surface area contributed by atoms with Crippen LogP contribution in [0.4, 0.5) is 13.9 Å². The fourth-order valence-corrected chi connectivity index (χ4v) is 3.18. The molecule has 0 radical (unpaired) electrons. The maximum absolute atomic E-state index is 13.3. The van der Waals surface area contributed by atoms with Crippen molar-refractivity contribution >= 4 is 34.0 Å². The van der Waals surface area contributed by atoms with Crippen LogP contribution in [-0.4, -0.2) is 10.9 Å². The summed E-state index contributed by atoms with van der Waals surface area (Å²) in [5, 5.41) is 2.75. The molecular weight excluding hydrogens is 354 g/mol. The minimum Gasteiger partial charge on any atom is -0.298 e. The first-order valence-corrected chi connectivity index (χ1v) is 8.17. The standard InChI is InChI=1S/C17H11ClF2N2OS/c18-13-8-15(20)14(19)7-12(13)16(23)22-17-21-9-11(24-17)6-10-4-2-1-3-5-10/h1-5,7-9H,6H2,(H,21,22,23). The van der Waals surface area contributed by atoms with Crippen LogP contribution in [0, 0.1) is 11.6 Å². The summed E-state index contributed by atoms with van der Waals surface area (Å²) in [5.74, 6) is -2.87. The number of carbonyl (C=O) groups is 1. The molecule has 1 aromatic heterocycles. The second-order valence-electron chi connectivity index (χ2n) is 4.99. The fourth-order valence-electron chi connectivity index (χ4n) is 2.11. The van der Waals surface area contributed by atoms with Gasteiger partial charge in [0.2, 0.25) is 0 Å². The average Bonchev–Trinajstić information content (AvgIpc) is 2.98. The molecule has 0 aliphatic carbocycles. The number of hydrogen-bond donors (Lipinski definition) is 1. The van der Waals surface area contributed by atoms with Gasteiger partial charge in [-0.05, 0) is 17.7 Å². The number of benzene rings is 2. The predicted molar refractivity (Wildman–Crippen MR) is 90.7 cm³/mol. The summed E-state index contributed by atoms with van der Waals surface area (Å²) in [7, 11) is 0. The third-order valence-electron chi connectivity index (χ3n) is 3.25. The Labute approximate surface area is 145 Å². The van der Waals surface area contributed by atoms with Crippen LogP contribution in [-0.2, 0) is 6.42 Å². The van der Waals surface area contributed by atoms with Crippen molar-refractivity contribution in [1.82, 2.24) is 4.98 Å². The topological polar surface area (TPSA) is 42.0 Å². The van der Waals surface area contributed by atoms with Gasteiger partial charge in [-0.15, -0.1) is 11.3 Å². The van der Waals surface area contributed by atoms with E-state index >= 15 is 0 Å². The van der Waals surface area contributed by atoms with Crippen molar-refractivity contribution < 1.29 is 13.6 Å². The molecule has 0 aliphatic heterocycles. The lowest BCUT2D eigenvalue weighted by Gasteiger charge is -2.05. The van der Waals surface area contributed by atoms with Crippen molar-refractivity contribution in [2.75, 3.05) is 5.32 Å². The molecule has 1 N–H and O–H groups in total. The number of rotatable bonds is 4. The molecule has 1 heterocycles. The summed E-state index contributed by atoms with van der Waals surface area (Å²) >= 11 is 7.10. The zero-order valence-electron chi connectivity index (χ0n) is 12.2. The Balaban J connectivity index is 1.73. The van der Waals surface area contributed by atoms with Crippen LogP contribution in [0.2, 0.25) is 5.02 Å². The molecule has 0 unspecified atom stereocenters. The molecule has 0 saturated heterocycles. The summed E-state index contributed by atoms with van der Waals surface area (Å²) in [6, 6.07) is 11.4. The van der Waals surface area contributed by atoms with Crippen LogP contribution < -0.4 is 5.32 Å². The average molecular weight is 365 g/mol.